The van der Waals surface area contributed by atoms with Gasteiger partial charge in [-0.15, -0.1) is 9.05 Å². The molecule has 0 amide bonds. The van der Waals surface area contributed by atoms with E-state index in [0.717, 1.165) is 5.56 Å². The average molecular weight is 374 g/mol. The molecule has 1 aromatic rings. The van der Waals surface area contributed by atoms with Crippen LogP contribution in [0.15, 0.2) is 30.3 Å². The molecule has 0 aliphatic rings. The Morgan fingerprint density at radius 1 is 1.04 bits per heavy atom. The van der Waals surface area contributed by atoms with Gasteiger partial charge >= 0.3 is 27.4 Å². The fraction of sp³-hybridized carbons (Fsp3) is 0.562. The maximum absolute atomic E-state index is 12.0. The second-order valence-corrected chi connectivity index (χ2v) is 8.24. The molecule has 1 aromatic carbocycles. The predicted octanol–water partition coefficient (Wildman–Crippen LogP) is 4.78. The van der Waals surface area contributed by atoms with Gasteiger partial charge in [0.1, 0.15) is 6.61 Å². The van der Waals surface area contributed by atoms with Crippen LogP contribution in [0.2, 0.25) is 0 Å². The van der Waals surface area contributed by atoms with Gasteiger partial charge in [0.2, 0.25) is 0 Å². The summed E-state index contributed by atoms with van der Waals surface area (Å²) in [6.45, 7) is 4.22. The Hall–Kier alpha value is -1.19. The highest BCUT2D eigenvalue weighted by Crippen LogP contribution is 2.48. The van der Waals surface area contributed by atoms with Gasteiger partial charge in [-0.1, -0.05) is 30.3 Å². The molecular weight excluding hydrogens is 350 g/mol. The zero-order valence-electron chi connectivity index (χ0n) is 14.1. The molecule has 0 aliphatic carbocycles. The first-order valence-electron chi connectivity index (χ1n) is 7.96. The minimum atomic E-state index is -2.08. The molecule has 0 heterocycles. The van der Waals surface area contributed by atoms with Crippen molar-refractivity contribution in [3.63, 3.8) is 0 Å². The molecule has 0 radical (unpaired) electrons. The molecule has 24 heavy (non-hydrogen) atoms. The van der Waals surface area contributed by atoms with Crippen molar-refractivity contribution in [1.82, 2.24) is 0 Å². The largest absolute Gasteiger partial charge is 0.567 e. The fourth-order valence-electron chi connectivity index (χ4n) is 1.95. The number of esters is 1. The monoisotopic (exact) mass is 374 g/mol. The molecule has 0 spiro atoms. The van der Waals surface area contributed by atoms with Gasteiger partial charge in [0, 0.05) is 12.8 Å². The van der Waals surface area contributed by atoms with Crippen molar-refractivity contribution in [3.8, 4) is 0 Å². The van der Waals surface area contributed by atoms with Crippen LogP contribution < -0.4 is 0 Å². The molecule has 0 saturated carbocycles. The number of rotatable bonds is 12. The highest BCUT2D eigenvalue weighted by Gasteiger charge is 2.50. The third-order valence-corrected chi connectivity index (χ3v) is 6.73. The summed E-state index contributed by atoms with van der Waals surface area (Å²) in [6.07, 6.45) is 0.916. The van der Waals surface area contributed by atoms with Crippen molar-refractivity contribution in [3.05, 3.63) is 35.9 Å². The van der Waals surface area contributed by atoms with E-state index in [4.69, 9.17) is 13.8 Å². The van der Waals surface area contributed by atoms with E-state index >= 15 is 0 Å². The SMILES string of the molecule is CCO[P+](=O)C(CCCC(=O)OCc1ccccc1)[P+](=O)OCC. The van der Waals surface area contributed by atoms with Crippen LogP contribution in [0.5, 0.6) is 0 Å². The highest BCUT2D eigenvalue weighted by atomic mass is 31.2. The molecule has 0 aromatic heterocycles. The van der Waals surface area contributed by atoms with Crippen LogP contribution in [0.3, 0.4) is 0 Å². The third kappa shape index (κ3) is 8.07. The molecule has 6 nitrogen and oxygen atoms in total. The van der Waals surface area contributed by atoms with Crippen LogP contribution in [0, 0.1) is 0 Å². The van der Waals surface area contributed by atoms with Crippen molar-refractivity contribution in [1.29, 1.82) is 0 Å². The van der Waals surface area contributed by atoms with E-state index in [2.05, 4.69) is 0 Å². The Morgan fingerprint density at radius 2 is 1.62 bits per heavy atom. The first-order chi connectivity index (χ1) is 11.6. The lowest BCUT2D eigenvalue weighted by atomic mass is 10.2. The number of carbonyl (C=O) groups is 1. The molecule has 0 aliphatic heterocycles. The maximum Gasteiger partial charge on any atom is 0.567 e. The van der Waals surface area contributed by atoms with E-state index in [-0.39, 0.29) is 32.2 Å². The summed E-state index contributed by atoms with van der Waals surface area (Å²) in [7, 11) is -4.16. The van der Waals surface area contributed by atoms with Crippen molar-refractivity contribution < 1.29 is 27.7 Å². The lowest BCUT2D eigenvalue weighted by Gasteiger charge is -2.04. The standard InChI is InChI=1S/C16H24O6P2/c1-3-21-23(18)16(24(19)22-4-2)12-8-11-15(17)20-13-14-9-6-5-7-10-14/h5-7,9-10,16H,3-4,8,11-13H2,1-2H3/q+2. The fourth-order valence-corrected chi connectivity index (χ4v) is 4.61. The van der Waals surface area contributed by atoms with E-state index in [1.54, 1.807) is 13.8 Å². The van der Waals surface area contributed by atoms with Gasteiger partial charge in [-0.3, -0.25) is 4.79 Å². The van der Waals surface area contributed by atoms with E-state index < -0.39 is 21.5 Å². The zero-order chi connectivity index (χ0) is 17.8. The summed E-state index contributed by atoms with van der Waals surface area (Å²) < 4.78 is 39.3. The lowest BCUT2D eigenvalue weighted by Crippen LogP contribution is -2.07. The number of ether oxygens (including phenoxy) is 1. The number of hydrogen-bond donors (Lipinski definition) is 0. The van der Waals surface area contributed by atoms with Gasteiger partial charge in [-0.05, 0) is 35.0 Å². The summed E-state index contributed by atoms with van der Waals surface area (Å²) in [5, 5.41) is -0.697. The van der Waals surface area contributed by atoms with Crippen molar-refractivity contribution in [2.24, 2.45) is 0 Å². The first-order valence-corrected chi connectivity index (χ1v) is 10.5. The van der Waals surface area contributed by atoms with E-state index in [1.807, 2.05) is 30.3 Å². The van der Waals surface area contributed by atoms with Gasteiger partial charge in [-0.2, -0.15) is 0 Å². The van der Waals surface area contributed by atoms with Crippen LogP contribution >= 0.6 is 16.1 Å². The Labute approximate surface area is 144 Å². The van der Waals surface area contributed by atoms with Crippen molar-refractivity contribution >= 4 is 22.0 Å². The van der Waals surface area contributed by atoms with Gasteiger partial charge < -0.3 is 4.74 Å². The minimum absolute atomic E-state index is 0.175. The summed E-state index contributed by atoms with van der Waals surface area (Å²) in [5.74, 6) is -0.337. The average Bonchev–Trinajstić information content (AvgIpc) is 2.58. The highest BCUT2D eigenvalue weighted by molar-refractivity contribution is 7.58. The number of benzene rings is 1. The Balaban J connectivity index is 2.38. The van der Waals surface area contributed by atoms with Gasteiger partial charge in [0.15, 0.2) is 0 Å². The van der Waals surface area contributed by atoms with Crippen molar-refractivity contribution in [2.45, 2.75) is 45.1 Å². The summed E-state index contributed by atoms with van der Waals surface area (Å²) in [6, 6.07) is 9.40. The van der Waals surface area contributed by atoms with Crippen molar-refractivity contribution in [2.75, 3.05) is 13.2 Å². The van der Waals surface area contributed by atoms with Crippen LogP contribution in [0.1, 0.15) is 38.7 Å². The molecule has 8 heteroatoms. The van der Waals surface area contributed by atoms with Crippen LogP contribution in [0.25, 0.3) is 0 Å². The Morgan fingerprint density at radius 3 is 2.17 bits per heavy atom. The number of carbonyl (C=O) groups excluding carboxylic acids is 1. The molecule has 2 atom stereocenters. The molecule has 132 valence electrons. The third-order valence-electron chi connectivity index (χ3n) is 3.09. The molecule has 0 N–H and O–H groups in total. The summed E-state index contributed by atoms with van der Waals surface area (Å²) >= 11 is 0. The zero-order valence-corrected chi connectivity index (χ0v) is 15.8. The van der Waals surface area contributed by atoms with E-state index in [9.17, 15) is 13.9 Å². The second-order valence-electron chi connectivity index (χ2n) is 4.93. The normalized spacial score (nSPS) is 13.2. The molecular formula is C16H24O6P2+2. The predicted molar refractivity (Wildman–Crippen MR) is 92.3 cm³/mol. The summed E-state index contributed by atoms with van der Waals surface area (Å²) in [4.78, 5) is 11.8. The maximum atomic E-state index is 12.0. The van der Waals surface area contributed by atoms with E-state index in [1.165, 1.54) is 0 Å². The summed E-state index contributed by atoms with van der Waals surface area (Å²) in [5.41, 5.74) is 0.919. The minimum Gasteiger partial charge on any atom is -0.461 e. The first kappa shape index (κ1) is 20.9. The number of hydrogen-bond acceptors (Lipinski definition) is 6. The molecule has 0 fully saturated rings. The van der Waals surface area contributed by atoms with Crippen LogP contribution in [-0.2, 0) is 34.3 Å². The van der Waals surface area contributed by atoms with Gasteiger partial charge in [-0.25, -0.2) is 0 Å². The van der Waals surface area contributed by atoms with Gasteiger partial charge in [0.05, 0.1) is 13.2 Å². The quantitative estimate of drug-likeness (QED) is 0.387. The van der Waals surface area contributed by atoms with Crippen LogP contribution in [0.4, 0.5) is 0 Å². The van der Waals surface area contributed by atoms with E-state index in [0.29, 0.717) is 12.8 Å². The Bertz CT molecular complexity index is 517. The Kier molecular flexibility index (Phi) is 10.6. The molecule has 1 rings (SSSR count). The molecule has 0 bridgehead atoms. The topological polar surface area (TPSA) is 78.9 Å². The second kappa shape index (κ2) is 12.2. The van der Waals surface area contributed by atoms with Crippen LogP contribution in [-0.4, -0.2) is 24.6 Å². The smallest absolute Gasteiger partial charge is 0.461 e. The lowest BCUT2D eigenvalue weighted by molar-refractivity contribution is -0.145. The molecule has 0 saturated heterocycles. The molecule has 2 unspecified atom stereocenters. The van der Waals surface area contributed by atoms with Gasteiger partial charge in [0.25, 0.3) is 0 Å².